The third kappa shape index (κ3) is 4.72. The van der Waals surface area contributed by atoms with Crippen LogP contribution in [-0.4, -0.2) is 36.0 Å². The molecule has 1 aromatic heterocycles. The van der Waals surface area contributed by atoms with Crippen molar-refractivity contribution in [1.82, 2.24) is 5.32 Å². The van der Waals surface area contributed by atoms with Gasteiger partial charge in [-0.05, 0) is 31.9 Å². The molecule has 1 atom stereocenters. The molecule has 3 N–H and O–H groups in total. The van der Waals surface area contributed by atoms with Gasteiger partial charge < -0.3 is 14.5 Å². The van der Waals surface area contributed by atoms with Gasteiger partial charge in [0.05, 0.1) is 12.9 Å². The Morgan fingerprint density at radius 1 is 1.27 bits per heavy atom. The van der Waals surface area contributed by atoms with Crippen molar-refractivity contribution in [2.24, 2.45) is 5.92 Å². The van der Waals surface area contributed by atoms with E-state index in [4.69, 9.17) is 9.15 Å². The lowest BCUT2D eigenvalue weighted by molar-refractivity contribution is -0.605. The summed E-state index contributed by atoms with van der Waals surface area (Å²) >= 11 is 0. The molecule has 1 fully saturated rings. The number of quaternary nitrogens is 1. The molecule has 0 spiro atoms. The smallest absolute Gasteiger partial charge is 0.365 e. The molecule has 0 saturated heterocycles. The predicted octanol–water partition coefficient (Wildman–Crippen LogP) is 1.39. The number of esters is 1. The van der Waals surface area contributed by atoms with Crippen molar-refractivity contribution in [2.45, 2.75) is 64.5 Å². The highest BCUT2D eigenvalue weighted by Crippen LogP contribution is 2.28. The van der Waals surface area contributed by atoms with E-state index in [0.717, 1.165) is 19.3 Å². The second-order valence-corrected chi connectivity index (χ2v) is 7.13. The number of nitrogens with one attached hydrogen (secondary N) is 1. The summed E-state index contributed by atoms with van der Waals surface area (Å²) in [5.74, 6) is -0.924. The normalized spacial score (nSPS) is 17.5. The minimum Gasteiger partial charge on any atom is -0.462 e. The summed E-state index contributed by atoms with van der Waals surface area (Å²) in [6, 6.07) is 2.57. The highest BCUT2D eigenvalue weighted by molar-refractivity contribution is 5.95. The molecule has 7 heteroatoms. The van der Waals surface area contributed by atoms with Gasteiger partial charge >= 0.3 is 11.9 Å². The van der Waals surface area contributed by atoms with E-state index in [-0.39, 0.29) is 24.2 Å². The van der Waals surface area contributed by atoms with Crippen LogP contribution < -0.4 is 10.6 Å². The molecular formula is C19H29N2O5+. The molecule has 1 aliphatic rings. The predicted molar refractivity (Wildman–Crippen MR) is 94.2 cm³/mol. The number of hydrogen-bond acceptors (Lipinski definition) is 5. The van der Waals surface area contributed by atoms with Crippen LogP contribution in [0.2, 0.25) is 0 Å². The number of rotatable bonds is 7. The summed E-state index contributed by atoms with van der Waals surface area (Å²) < 4.78 is 10.2. The number of hydrogen-bond donors (Lipinski definition) is 2. The Bertz CT molecular complexity index is 618. The molecule has 2 rings (SSSR count). The van der Waals surface area contributed by atoms with Crippen molar-refractivity contribution in [2.75, 3.05) is 6.61 Å². The molecule has 7 nitrogen and oxygen atoms in total. The van der Waals surface area contributed by atoms with Gasteiger partial charge in [-0.3, -0.25) is 10.1 Å². The fourth-order valence-corrected chi connectivity index (χ4v) is 3.37. The Hall–Kier alpha value is -2.15. The molecule has 0 bridgehead atoms. The van der Waals surface area contributed by atoms with Crippen LogP contribution in [0, 0.1) is 5.92 Å². The van der Waals surface area contributed by atoms with Gasteiger partial charge in [0.1, 0.15) is 0 Å². The highest BCUT2D eigenvalue weighted by Gasteiger charge is 2.46. The van der Waals surface area contributed by atoms with Crippen LogP contribution in [0.5, 0.6) is 0 Å². The number of nitrogens with two attached hydrogens (primary N) is 1. The lowest BCUT2D eigenvalue weighted by Gasteiger charge is -2.35. The molecule has 1 aromatic rings. The number of amides is 2. The van der Waals surface area contributed by atoms with Crippen LogP contribution in [0.4, 0.5) is 0 Å². The van der Waals surface area contributed by atoms with Crippen molar-refractivity contribution in [3.8, 4) is 0 Å². The monoisotopic (exact) mass is 365 g/mol. The fraction of sp³-hybridized carbons (Fsp3) is 0.632. The molecule has 0 radical (unpaired) electrons. The van der Waals surface area contributed by atoms with Crippen molar-refractivity contribution < 1.29 is 28.9 Å². The maximum atomic E-state index is 13.1. The Morgan fingerprint density at radius 3 is 2.50 bits per heavy atom. The van der Waals surface area contributed by atoms with Gasteiger partial charge in [0.25, 0.3) is 5.91 Å². The van der Waals surface area contributed by atoms with Gasteiger partial charge in [0.2, 0.25) is 0 Å². The molecule has 144 valence electrons. The second-order valence-electron chi connectivity index (χ2n) is 7.13. The minimum absolute atomic E-state index is 0.0700. The summed E-state index contributed by atoms with van der Waals surface area (Å²) in [4.78, 5) is 37.8. The van der Waals surface area contributed by atoms with Gasteiger partial charge in [-0.1, -0.05) is 33.1 Å². The lowest BCUT2D eigenvalue weighted by atomic mass is 9.80. The van der Waals surface area contributed by atoms with Gasteiger partial charge in [-0.25, -0.2) is 9.59 Å². The van der Waals surface area contributed by atoms with Crippen LogP contribution in [0.15, 0.2) is 22.8 Å². The molecule has 1 unspecified atom stereocenters. The lowest BCUT2D eigenvalue weighted by Crippen LogP contribution is -3.00. The van der Waals surface area contributed by atoms with Crippen LogP contribution in [0.3, 0.4) is 0 Å². The standard InChI is InChI=1S/C19H28N2O5/c1-4-25-17(23)15(13(2)3)20-18(24)19(10-6-5-7-11-19)21-16(22)14-9-8-12-26-14/h8-9,12-13,15H,4-7,10-11H2,1-3H3,(H,20,24)(H,21,22)/p+1. The average Bonchev–Trinajstić information content (AvgIpc) is 3.15. The molecule has 1 aliphatic carbocycles. The average molecular weight is 365 g/mol. The van der Waals surface area contributed by atoms with E-state index < -0.39 is 23.5 Å². The zero-order chi connectivity index (χ0) is 19.2. The quantitative estimate of drug-likeness (QED) is 0.711. The fourth-order valence-electron chi connectivity index (χ4n) is 3.37. The molecule has 0 aromatic carbocycles. The SMILES string of the molecule is CCOC(=O)C([NH2+]C(=O)C1(NC(=O)c2ccco2)CCCCC1)C(C)C. The van der Waals surface area contributed by atoms with E-state index in [1.807, 2.05) is 13.8 Å². The maximum Gasteiger partial charge on any atom is 0.365 e. The summed E-state index contributed by atoms with van der Waals surface area (Å²) in [5.41, 5.74) is -0.984. The zero-order valence-corrected chi connectivity index (χ0v) is 15.7. The number of ether oxygens (including phenoxy) is 1. The maximum absolute atomic E-state index is 13.1. The molecular weight excluding hydrogens is 336 g/mol. The molecule has 1 heterocycles. The Morgan fingerprint density at radius 2 is 1.96 bits per heavy atom. The number of furan rings is 1. The second kappa shape index (κ2) is 8.98. The molecule has 0 aliphatic heterocycles. The summed E-state index contributed by atoms with van der Waals surface area (Å²) in [7, 11) is 0. The van der Waals surface area contributed by atoms with E-state index in [1.54, 1.807) is 19.1 Å². The van der Waals surface area contributed by atoms with Gasteiger partial charge in [0.15, 0.2) is 17.3 Å². The molecule has 1 saturated carbocycles. The van der Waals surface area contributed by atoms with E-state index in [1.165, 1.54) is 11.6 Å². The van der Waals surface area contributed by atoms with Gasteiger partial charge in [0, 0.05) is 5.92 Å². The summed E-state index contributed by atoms with van der Waals surface area (Å²) in [5, 5.41) is 4.33. The first kappa shape index (κ1) is 20.2. The van der Waals surface area contributed by atoms with Crippen LogP contribution in [0.25, 0.3) is 0 Å². The van der Waals surface area contributed by atoms with E-state index in [9.17, 15) is 14.4 Å². The first-order chi connectivity index (χ1) is 12.4. The number of carbonyl (C=O) groups is 3. The third-order valence-electron chi connectivity index (χ3n) is 4.88. The van der Waals surface area contributed by atoms with E-state index in [0.29, 0.717) is 12.8 Å². The van der Waals surface area contributed by atoms with Crippen molar-refractivity contribution in [1.29, 1.82) is 0 Å². The van der Waals surface area contributed by atoms with E-state index in [2.05, 4.69) is 5.32 Å². The Kier molecular flexibility index (Phi) is 6.97. The Labute approximate surface area is 153 Å². The third-order valence-corrected chi connectivity index (χ3v) is 4.88. The summed E-state index contributed by atoms with van der Waals surface area (Å²) in [6.45, 7) is 5.76. The summed E-state index contributed by atoms with van der Waals surface area (Å²) in [6.07, 6.45) is 5.27. The van der Waals surface area contributed by atoms with Crippen molar-refractivity contribution in [3.63, 3.8) is 0 Å². The number of carbonyl (C=O) groups excluding carboxylic acids is 3. The zero-order valence-electron chi connectivity index (χ0n) is 15.7. The van der Waals surface area contributed by atoms with Crippen LogP contribution in [0.1, 0.15) is 63.4 Å². The van der Waals surface area contributed by atoms with Crippen molar-refractivity contribution in [3.05, 3.63) is 24.2 Å². The minimum atomic E-state index is -0.984. The van der Waals surface area contributed by atoms with Gasteiger partial charge in [-0.15, -0.1) is 0 Å². The topological polar surface area (TPSA) is 102 Å². The first-order valence-electron chi connectivity index (χ1n) is 9.31. The van der Waals surface area contributed by atoms with Crippen LogP contribution in [-0.2, 0) is 14.3 Å². The van der Waals surface area contributed by atoms with Crippen LogP contribution >= 0.6 is 0 Å². The van der Waals surface area contributed by atoms with E-state index >= 15 is 0 Å². The first-order valence-corrected chi connectivity index (χ1v) is 9.31. The van der Waals surface area contributed by atoms with Gasteiger partial charge in [-0.2, -0.15) is 0 Å². The highest BCUT2D eigenvalue weighted by atomic mass is 16.5. The largest absolute Gasteiger partial charge is 0.462 e. The number of primary amides is 1. The molecule has 2 amide bonds. The molecule has 26 heavy (non-hydrogen) atoms. The Balaban J connectivity index is 2.17. The van der Waals surface area contributed by atoms with Crippen molar-refractivity contribution >= 4 is 17.8 Å².